The predicted octanol–water partition coefficient (Wildman–Crippen LogP) is 1.39. The van der Waals surface area contributed by atoms with Gasteiger partial charge < -0.3 is 5.11 Å². The van der Waals surface area contributed by atoms with Crippen molar-refractivity contribution in [2.75, 3.05) is 27.2 Å². The van der Waals surface area contributed by atoms with Gasteiger partial charge in [0.1, 0.15) is 0 Å². The third-order valence-corrected chi connectivity index (χ3v) is 6.15. The molecule has 1 fully saturated rings. The van der Waals surface area contributed by atoms with Gasteiger partial charge >= 0.3 is 0 Å². The number of rotatable bonds is 4. The Balaban J connectivity index is 2.15. The zero-order valence-electron chi connectivity index (χ0n) is 13.7. The summed E-state index contributed by atoms with van der Waals surface area (Å²) in [4.78, 5) is 2.61. The smallest absolute Gasteiger partial charge is 0.242 e. The molecular weight excluding hydrogens is 300 g/mol. The van der Waals surface area contributed by atoms with Crippen LogP contribution in [0.1, 0.15) is 19.4 Å². The van der Waals surface area contributed by atoms with Gasteiger partial charge in [0, 0.05) is 33.7 Å². The van der Waals surface area contributed by atoms with E-state index in [1.54, 1.807) is 18.2 Å². The first-order valence-electron chi connectivity index (χ1n) is 7.63. The summed E-state index contributed by atoms with van der Waals surface area (Å²) in [5.41, 5.74) is 0.985. The second-order valence-electron chi connectivity index (χ2n) is 6.57. The molecule has 0 bridgehead atoms. The highest BCUT2D eigenvalue weighted by molar-refractivity contribution is 7.89. The summed E-state index contributed by atoms with van der Waals surface area (Å²) in [5.74, 6) is 0.467. The monoisotopic (exact) mass is 326 g/mol. The Bertz CT molecular complexity index is 604. The van der Waals surface area contributed by atoms with Crippen LogP contribution in [0.5, 0.6) is 0 Å². The quantitative estimate of drug-likeness (QED) is 0.908. The van der Waals surface area contributed by atoms with E-state index in [4.69, 9.17) is 0 Å². The number of aliphatic hydroxyl groups is 1. The zero-order chi connectivity index (χ0) is 16.5. The number of nitrogens with zero attached hydrogens (tertiary/aromatic N) is 2. The molecule has 2 unspecified atom stereocenters. The maximum absolute atomic E-state index is 12.2. The molecule has 5 nitrogen and oxygen atoms in total. The van der Waals surface area contributed by atoms with E-state index in [0.29, 0.717) is 11.4 Å². The first kappa shape index (κ1) is 17.4. The van der Waals surface area contributed by atoms with Crippen molar-refractivity contribution in [1.82, 2.24) is 9.21 Å². The van der Waals surface area contributed by atoms with E-state index >= 15 is 0 Å². The molecule has 0 radical (unpaired) electrons. The van der Waals surface area contributed by atoms with E-state index in [0.717, 1.165) is 18.7 Å². The van der Waals surface area contributed by atoms with Crippen LogP contribution in [-0.2, 0) is 16.6 Å². The van der Waals surface area contributed by atoms with E-state index in [1.165, 1.54) is 18.4 Å². The summed E-state index contributed by atoms with van der Waals surface area (Å²) in [6.45, 7) is 6.48. The van der Waals surface area contributed by atoms with Crippen LogP contribution < -0.4 is 0 Å². The molecule has 1 heterocycles. The van der Waals surface area contributed by atoms with Crippen molar-refractivity contribution in [2.45, 2.75) is 31.4 Å². The van der Waals surface area contributed by atoms with E-state index < -0.39 is 10.0 Å². The largest absolute Gasteiger partial charge is 0.392 e. The van der Waals surface area contributed by atoms with Gasteiger partial charge in [-0.25, -0.2) is 12.7 Å². The molecule has 0 saturated carbocycles. The maximum atomic E-state index is 12.2. The Morgan fingerprint density at radius 2 is 1.82 bits per heavy atom. The molecule has 0 spiro atoms. The van der Waals surface area contributed by atoms with Gasteiger partial charge in [-0.2, -0.15) is 0 Å². The number of likely N-dealkylation sites (tertiary alicyclic amines) is 1. The van der Waals surface area contributed by atoms with Crippen molar-refractivity contribution >= 4 is 10.0 Å². The molecule has 0 amide bonds. The highest BCUT2D eigenvalue weighted by Crippen LogP contribution is 2.24. The molecule has 1 N–H and O–H groups in total. The molecule has 6 heteroatoms. The molecule has 124 valence electrons. The molecule has 1 aliphatic heterocycles. The number of hydrogen-bond acceptors (Lipinski definition) is 4. The van der Waals surface area contributed by atoms with Gasteiger partial charge in [-0.1, -0.05) is 26.0 Å². The lowest BCUT2D eigenvalue weighted by Gasteiger charge is -2.38. The fourth-order valence-corrected chi connectivity index (χ4v) is 4.04. The Hall–Kier alpha value is -0.950. The van der Waals surface area contributed by atoms with E-state index in [1.807, 2.05) is 6.07 Å². The van der Waals surface area contributed by atoms with Crippen LogP contribution in [-0.4, -0.2) is 56.0 Å². The number of hydrogen-bond donors (Lipinski definition) is 1. The average Bonchev–Trinajstić information content (AvgIpc) is 2.44. The fraction of sp³-hybridized carbons (Fsp3) is 0.625. The van der Waals surface area contributed by atoms with Gasteiger partial charge in [-0.3, -0.25) is 4.90 Å². The summed E-state index contributed by atoms with van der Waals surface area (Å²) in [6, 6.07) is 7.12. The lowest BCUT2D eigenvalue weighted by atomic mass is 9.88. The van der Waals surface area contributed by atoms with Crippen LogP contribution in [0.15, 0.2) is 29.2 Å². The summed E-state index contributed by atoms with van der Waals surface area (Å²) in [6.07, 6.45) is -0.253. The minimum atomic E-state index is -3.40. The first-order valence-corrected chi connectivity index (χ1v) is 9.07. The Morgan fingerprint density at radius 1 is 1.23 bits per heavy atom. The number of piperidine rings is 1. The second-order valence-corrected chi connectivity index (χ2v) is 8.73. The van der Waals surface area contributed by atoms with Crippen LogP contribution in [0.2, 0.25) is 0 Å². The highest BCUT2D eigenvalue weighted by Gasteiger charge is 2.30. The van der Waals surface area contributed by atoms with Crippen molar-refractivity contribution < 1.29 is 13.5 Å². The van der Waals surface area contributed by atoms with Crippen LogP contribution in [0, 0.1) is 11.8 Å². The van der Waals surface area contributed by atoms with Crippen LogP contribution >= 0.6 is 0 Å². The third kappa shape index (κ3) is 3.68. The summed E-state index contributed by atoms with van der Waals surface area (Å²) >= 11 is 0. The SMILES string of the molecule is CC1CN(Cc2cccc(S(=O)(=O)N(C)C)c2)CC(C)C1O. The first-order chi connectivity index (χ1) is 10.2. The Kier molecular flexibility index (Phi) is 5.27. The molecule has 1 aromatic carbocycles. The normalized spacial score (nSPS) is 27.3. The van der Waals surface area contributed by atoms with Gasteiger partial charge in [-0.15, -0.1) is 0 Å². The van der Waals surface area contributed by atoms with Crippen molar-refractivity contribution in [2.24, 2.45) is 11.8 Å². The lowest BCUT2D eigenvalue weighted by Crippen LogP contribution is -2.46. The van der Waals surface area contributed by atoms with Crippen molar-refractivity contribution in [3.8, 4) is 0 Å². The molecule has 1 saturated heterocycles. The van der Waals surface area contributed by atoms with Gasteiger partial charge in [0.2, 0.25) is 10.0 Å². The summed E-state index contributed by atoms with van der Waals surface area (Å²) < 4.78 is 25.6. The van der Waals surface area contributed by atoms with Crippen molar-refractivity contribution in [3.63, 3.8) is 0 Å². The average molecular weight is 326 g/mol. The summed E-state index contributed by atoms with van der Waals surface area (Å²) in [5, 5.41) is 10.0. The van der Waals surface area contributed by atoms with E-state index in [-0.39, 0.29) is 17.9 Å². The van der Waals surface area contributed by atoms with E-state index in [9.17, 15) is 13.5 Å². The number of aliphatic hydroxyl groups excluding tert-OH is 1. The van der Waals surface area contributed by atoms with Crippen LogP contribution in [0.3, 0.4) is 0 Å². The zero-order valence-corrected chi connectivity index (χ0v) is 14.5. The molecule has 0 aromatic heterocycles. The standard InChI is InChI=1S/C16H26N2O3S/c1-12-9-18(10-13(2)16(12)19)11-14-6-5-7-15(8-14)22(20,21)17(3)4/h5-8,12-13,16,19H,9-11H2,1-4H3. The maximum Gasteiger partial charge on any atom is 0.242 e. The molecular formula is C16H26N2O3S. The van der Waals surface area contributed by atoms with Crippen molar-refractivity contribution in [3.05, 3.63) is 29.8 Å². The Labute approximate surface area is 133 Å². The minimum Gasteiger partial charge on any atom is -0.392 e. The lowest BCUT2D eigenvalue weighted by molar-refractivity contribution is -0.0107. The highest BCUT2D eigenvalue weighted by atomic mass is 32.2. The van der Waals surface area contributed by atoms with Crippen molar-refractivity contribution in [1.29, 1.82) is 0 Å². The van der Waals surface area contributed by atoms with Gasteiger partial charge in [0.25, 0.3) is 0 Å². The van der Waals surface area contributed by atoms with Gasteiger partial charge in [0.05, 0.1) is 11.0 Å². The second kappa shape index (κ2) is 6.66. The number of sulfonamides is 1. The Morgan fingerprint density at radius 3 is 2.36 bits per heavy atom. The summed E-state index contributed by atoms with van der Waals surface area (Å²) in [7, 11) is -0.318. The fourth-order valence-electron chi connectivity index (χ4n) is 3.07. The molecule has 2 rings (SSSR count). The molecule has 1 aromatic rings. The van der Waals surface area contributed by atoms with Crippen LogP contribution in [0.25, 0.3) is 0 Å². The van der Waals surface area contributed by atoms with Gasteiger partial charge in [-0.05, 0) is 29.5 Å². The third-order valence-electron chi connectivity index (χ3n) is 4.34. The predicted molar refractivity (Wildman–Crippen MR) is 86.9 cm³/mol. The molecule has 1 aliphatic rings. The minimum absolute atomic E-state index is 0.234. The number of benzene rings is 1. The van der Waals surface area contributed by atoms with E-state index in [2.05, 4.69) is 18.7 Å². The topological polar surface area (TPSA) is 60.9 Å². The van der Waals surface area contributed by atoms with Crippen LogP contribution in [0.4, 0.5) is 0 Å². The molecule has 2 atom stereocenters. The van der Waals surface area contributed by atoms with Gasteiger partial charge in [0.15, 0.2) is 0 Å². The molecule has 22 heavy (non-hydrogen) atoms. The molecule has 0 aliphatic carbocycles.